The Morgan fingerprint density at radius 2 is 2.35 bits per heavy atom. The molecule has 2 N–H and O–H groups in total. The molecule has 0 amide bonds. The molecular formula is C13H17BrFNO. The summed E-state index contributed by atoms with van der Waals surface area (Å²) >= 11 is 3.37. The second-order valence-electron chi connectivity index (χ2n) is 4.63. The summed E-state index contributed by atoms with van der Waals surface area (Å²) in [6.45, 7) is 2.86. The highest BCUT2D eigenvalue weighted by molar-refractivity contribution is 9.10. The molecule has 3 atom stereocenters. The van der Waals surface area contributed by atoms with Gasteiger partial charge in [-0.15, -0.1) is 0 Å². The van der Waals surface area contributed by atoms with E-state index in [1.807, 2.05) is 0 Å². The van der Waals surface area contributed by atoms with Crippen molar-refractivity contribution in [2.24, 2.45) is 11.7 Å². The molecule has 2 rings (SSSR count). The molecule has 0 aromatic heterocycles. The summed E-state index contributed by atoms with van der Waals surface area (Å²) in [5, 5.41) is 0. The van der Waals surface area contributed by atoms with Crippen LogP contribution in [-0.4, -0.2) is 18.8 Å². The number of hydrogen-bond donors (Lipinski definition) is 1. The maximum atomic E-state index is 13.0. The number of benzene rings is 1. The summed E-state index contributed by atoms with van der Waals surface area (Å²) in [6.07, 6.45) is 1.99. The zero-order valence-corrected chi connectivity index (χ0v) is 11.4. The van der Waals surface area contributed by atoms with Gasteiger partial charge >= 0.3 is 0 Å². The van der Waals surface area contributed by atoms with E-state index >= 15 is 0 Å². The lowest BCUT2D eigenvalue weighted by atomic mass is 9.89. The molecule has 1 fully saturated rings. The van der Waals surface area contributed by atoms with Crippen molar-refractivity contribution in [3.05, 3.63) is 34.1 Å². The van der Waals surface area contributed by atoms with Crippen LogP contribution in [0.15, 0.2) is 22.7 Å². The first-order valence-corrected chi connectivity index (χ1v) is 6.68. The zero-order chi connectivity index (χ0) is 12.4. The molecule has 1 aromatic rings. The molecule has 4 heteroatoms. The van der Waals surface area contributed by atoms with Crippen molar-refractivity contribution in [1.29, 1.82) is 0 Å². The first kappa shape index (κ1) is 13.0. The van der Waals surface area contributed by atoms with Gasteiger partial charge in [-0.05, 0) is 37.5 Å². The molecule has 2 nitrogen and oxygen atoms in total. The van der Waals surface area contributed by atoms with Crippen LogP contribution in [-0.2, 0) is 11.2 Å². The lowest BCUT2D eigenvalue weighted by Crippen LogP contribution is -2.36. The Bertz CT molecular complexity index is 399. The molecule has 0 saturated carbocycles. The standard InChI is InChI=1S/C13H17BrFNO/c1-8-11(4-5-17-8)13(16)6-9-2-3-10(15)7-12(9)14/h2-3,7-8,11,13H,4-6,16H2,1H3. The van der Waals surface area contributed by atoms with E-state index in [0.717, 1.165) is 29.5 Å². The van der Waals surface area contributed by atoms with E-state index in [2.05, 4.69) is 22.9 Å². The third kappa shape index (κ3) is 3.06. The monoisotopic (exact) mass is 301 g/mol. The molecule has 17 heavy (non-hydrogen) atoms. The predicted molar refractivity (Wildman–Crippen MR) is 69.3 cm³/mol. The topological polar surface area (TPSA) is 35.2 Å². The Balaban J connectivity index is 2.04. The minimum Gasteiger partial charge on any atom is -0.378 e. The normalized spacial score (nSPS) is 26.1. The van der Waals surface area contributed by atoms with Crippen LogP contribution in [0.5, 0.6) is 0 Å². The third-order valence-corrected chi connectivity index (χ3v) is 4.19. The van der Waals surface area contributed by atoms with E-state index in [1.165, 1.54) is 12.1 Å². The van der Waals surface area contributed by atoms with Crippen LogP contribution in [0.4, 0.5) is 4.39 Å². The summed E-state index contributed by atoms with van der Waals surface area (Å²) in [4.78, 5) is 0. The smallest absolute Gasteiger partial charge is 0.124 e. The lowest BCUT2D eigenvalue weighted by Gasteiger charge is -2.22. The van der Waals surface area contributed by atoms with E-state index in [4.69, 9.17) is 10.5 Å². The quantitative estimate of drug-likeness (QED) is 0.932. The first-order chi connectivity index (χ1) is 8.08. The van der Waals surface area contributed by atoms with Crippen molar-refractivity contribution >= 4 is 15.9 Å². The molecule has 1 aromatic carbocycles. The average molecular weight is 302 g/mol. The van der Waals surface area contributed by atoms with Gasteiger partial charge in [-0.3, -0.25) is 0 Å². The van der Waals surface area contributed by atoms with Crippen LogP contribution in [0.25, 0.3) is 0 Å². The molecule has 94 valence electrons. The molecule has 0 radical (unpaired) electrons. The molecule has 1 heterocycles. The zero-order valence-electron chi connectivity index (χ0n) is 9.83. The highest BCUT2D eigenvalue weighted by Crippen LogP contribution is 2.27. The predicted octanol–water partition coefficient (Wildman–Crippen LogP) is 2.88. The molecule has 1 aliphatic rings. The first-order valence-electron chi connectivity index (χ1n) is 5.89. The van der Waals surface area contributed by atoms with E-state index in [9.17, 15) is 4.39 Å². The highest BCUT2D eigenvalue weighted by atomic mass is 79.9. The Morgan fingerprint density at radius 1 is 1.59 bits per heavy atom. The maximum absolute atomic E-state index is 13.0. The Hall–Kier alpha value is -0.450. The molecule has 0 bridgehead atoms. The average Bonchev–Trinajstić information content (AvgIpc) is 2.68. The number of ether oxygens (including phenoxy) is 1. The molecule has 1 aliphatic heterocycles. The van der Waals surface area contributed by atoms with Gasteiger partial charge in [0.25, 0.3) is 0 Å². The Kier molecular flexibility index (Phi) is 4.17. The third-order valence-electron chi connectivity index (χ3n) is 3.46. The molecule has 0 spiro atoms. The minimum absolute atomic E-state index is 0.0641. The van der Waals surface area contributed by atoms with Crippen molar-refractivity contribution in [2.45, 2.75) is 31.9 Å². The SMILES string of the molecule is CC1OCCC1C(N)Cc1ccc(F)cc1Br. The van der Waals surface area contributed by atoms with E-state index in [-0.39, 0.29) is 18.0 Å². The van der Waals surface area contributed by atoms with Crippen molar-refractivity contribution in [1.82, 2.24) is 0 Å². The molecular weight excluding hydrogens is 285 g/mol. The van der Waals surface area contributed by atoms with Gasteiger partial charge in [0.2, 0.25) is 0 Å². The van der Waals surface area contributed by atoms with E-state index in [1.54, 1.807) is 6.07 Å². The summed E-state index contributed by atoms with van der Waals surface area (Å²) in [6, 6.07) is 4.81. The van der Waals surface area contributed by atoms with Gasteiger partial charge in [-0.2, -0.15) is 0 Å². The summed E-state index contributed by atoms with van der Waals surface area (Å²) in [5.41, 5.74) is 7.27. The van der Waals surface area contributed by atoms with E-state index in [0.29, 0.717) is 5.92 Å². The number of nitrogens with two attached hydrogens (primary N) is 1. The second kappa shape index (κ2) is 5.46. The molecule has 1 saturated heterocycles. The van der Waals surface area contributed by atoms with Gasteiger partial charge in [0, 0.05) is 23.0 Å². The summed E-state index contributed by atoms with van der Waals surface area (Å²) in [5.74, 6) is 0.165. The largest absolute Gasteiger partial charge is 0.378 e. The fourth-order valence-corrected chi connectivity index (χ4v) is 2.92. The van der Waals surface area contributed by atoms with Crippen LogP contribution in [0.2, 0.25) is 0 Å². The maximum Gasteiger partial charge on any atom is 0.124 e. The number of halogens is 2. The molecule has 3 unspecified atom stereocenters. The van der Waals surface area contributed by atoms with Gasteiger partial charge in [-0.1, -0.05) is 22.0 Å². The van der Waals surface area contributed by atoms with Crippen LogP contribution >= 0.6 is 15.9 Å². The van der Waals surface area contributed by atoms with E-state index < -0.39 is 0 Å². The van der Waals surface area contributed by atoms with Crippen molar-refractivity contribution in [3.8, 4) is 0 Å². The number of hydrogen-bond acceptors (Lipinski definition) is 2. The van der Waals surface area contributed by atoms with Gasteiger partial charge < -0.3 is 10.5 Å². The lowest BCUT2D eigenvalue weighted by molar-refractivity contribution is 0.0995. The fraction of sp³-hybridized carbons (Fsp3) is 0.538. The van der Waals surface area contributed by atoms with Crippen molar-refractivity contribution in [2.75, 3.05) is 6.61 Å². The number of rotatable bonds is 3. The summed E-state index contributed by atoms with van der Waals surface area (Å²) in [7, 11) is 0. The minimum atomic E-state index is -0.230. The van der Waals surface area contributed by atoms with Crippen LogP contribution < -0.4 is 5.73 Å². The fourth-order valence-electron chi connectivity index (χ4n) is 2.40. The highest BCUT2D eigenvalue weighted by Gasteiger charge is 2.29. The van der Waals surface area contributed by atoms with Crippen molar-refractivity contribution in [3.63, 3.8) is 0 Å². The second-order valence-corrected chi connectivity index (χ2v) is 5.49. The van der Waals surface area contributed by atoms with Crippen LogP contribution in [0, 0.1) is 11.7 Å². The Morgan fingerprint density at radius 3 is 2.94 bits per heavy atom. The Labute approximate surface area is 109 Å². The van der Waals surface area contributed by atoms with Crippen LogP contribution in [0.1, 0.15) is 18.9 Å². The van der Waals surface area contributed by atoms with Gasteiger partial charge in [0.1, 0.15) is 5.82 Å². The van der Waals surface area contributed by atoms with Gasteiger partial charge in [-0.25, -0.2) is 4.39 Å². The van der Waals surface area contributed by atoms with Crippen molar-refractivity contribution < 1.29 is 9.13 Å². The molecule has 0 aliphatic carbocycles. The van der Waals surface area contributed by atoms with Gasteiger partial charge in [0.15, 0.2) is 0 Å². The van der Waals surface area contributed by atoms with Crippen LogP contribution in [0.3, 0.4) is 0 Å². The van der Waals surface area contributed by atoms with Gasteiger partial charge in [0.05, 0.1) is 6.10 Å². The summed E-state index contributed by atoms with van der Waals surface area (Å²) < 4.78 is 19.3.